The number of sulfonamides is 1. The number of nitrogens with two attached hydrogens (primary N) is 1. The average molecular weight is 314 g/mol. The van der Waals surface area contributed by atoms with Crippen LogP contribution in [0.1, 0.15) is 10.4 Å². The molecule has 7 nitrogen and oxygen atoms in total. The molecule has 0 aliphatic heterocycles. The molecule has 8 heteroatoms. The Kier molecular flexibility index (Phi) is 5.56. The van der Waals surface area contributed by atoms with E-state index >= 15 is 0 Å². The first-order chi connectivity index (χ1) is 9.65. The summed E-state index contributed by atoms with van der Waals surface area (Å²) in [7, 11) is 3.31. The van der Waals surface area contributed by atoms with Crippen LogP contribution >= 0.6 is 0 Å². The Morgan fingerprint density at radius 1 is 1.24 bits per heavy atom. The van der Waals surface area contributed by atoms with Crippen LogP contribution in [0.25, 0.3) is 0 Å². The third-order valence-electron chi connectivity index (χ3n) is 2.97. The van der Waals surface area contributed by atoms with E-state index in [-0.39, 0.29) is 18.2 Å². The predicted octanol–water partition coefficient (Wildman–Crippen LogP) is -0.0440. The highest BCUT2D eigenvalue weighted by molar-refractivity contribution is 7.89. The molecular formula is C13H22N4O3S. The smallest absolute Gasteiger partial charge is 0.251 e. The Morgan fingerprint density at radius 3 is 2.33 bits per heavy atom. The minimum Gasteiger partial charge on any atom is -0.397 e. The van der Waals surface area contributed by atoms with Crippen molar-refractivity contribution in [2.24, 2.45) is 0 Å². The van der Waals surface area contributed by atoms with Crippen molar-refractivity contribution in [1.82, 2.24) is 9.62 Å². The van der Waals surface area contributed by atoms with E-state index in [2.05, 4.69) is 5.32 Å². The van der Waals surface area contributed by atoms with Gasteiger partial charge >= 0.3 is 0 Å². The average Bonchev–Trinajstić information content (AvgIpc) is 2.37. The van der Waals surface area contributed by atoms with E-state index in [1.54, 1.807) is 18.2 Å². The molecule has 0 bridgehead atoms. The zero-order valence-corrected chi connectivity index (χ0v) is 13.6. The molecular weight excluding hydrogens is 292 g/mol. The number of amides is 1. The normalized spacial score (nSPS) is 11.5. The highest BCUT2D eigenvalue weighted by atomic mass is 32.2. The number of nitrogens with one attached hydrogen (secondary N) is 1. The molecule has 0 atom stereocenters. The van der Waals surface area contributed by atoms with Gasteiger partial charge in [0.1, 0.15) is 0 Å². The third kappa shape index (κ3) is 4.61. The summed E-state index contributed by atoms with van der Waals surface area (Å²) in [5.74, 6) is -0.488. The van der Waals surface area contributed by atoms with Crippen molar-refractivity contribution < 1.29 is 13.2 Å². The quantitative estimate of drug-likeness (QED) is 0.718. The van der Waals surface area contributed by atoms with Crippen LogP contribution in [0.2, 0.25) is 0 Å². The SMILES string of the molecule is CN(C)c1ccc(C(=O)NCCS(=O)(=O)N(C)C)cc1N. The molecule has 118 valence electrons. The Hall–Kier alpha value is -1.80. The molecule has 1 aromatic carbocycles. The maximum atomic E-state index is 11.9. The molecule has 1 amide bonds. The van der Waals surface area contributed by atoms with Crippen LogP contribution < -0.4 is 16.0 Å². The third-order valence-corrected chi connectivity index (χ3v) is 4.81. The Labute approximate surface area is 125 Å². The molecule has 21 heavy (non-hydrogen) atoms. The molecule has 1 rings (SSSR count). The number of nitrogens with zero attached hydrogens (tertiary/aromatic N) is 2. The summed E-state index contributed by atoms with van der Waals surface area (Å²) in [5.41, 5.74) is 7.59. The lowest BCUT2D eigenvalue weighted by molar-refractivity contribution is 0.0956. The van der Waals surface area contributed by atoms with Crippen molar-refractivity contribution in [3.63, 3.8) is 0 Å². The van der Waals surface area contributed by atoms with Crippen LogP contribution in [0.4, 0.5) is 11.4 Å². The van der Waals surface area contributed by atoms with E-state index < -0.39 is 10.0 Å². The van der Waals surface area contributed by atoms with Crippen molar-refractivity contribution in [2.75, 3.05) is 51.1 Å². The molecule has 0 heterocycles. The van der Waals surface area contributed by atoms with E-state index in [0.717, 1.165) is 9.99 Å². The van der Waals surface area contributed by atoms with Gasteiger partial charge < -0.3 is 16.0 Å². The second-order valence-corrected chi connectivity index (χ2v) is 7.32. The first kappa shape index (κ1) is 17.3. The van der Waals surface area contributed by atoms with Crippen molar-refractivity contribution in [3.8, 4) is 0 Å². The van der Waals surface area contributed by atoms with Crippen LogP contribution in [-0.4, -0.2) is 59.1 Å². The lowest BCUT2D eigenvalue weighted by Crippen LogP contribution is -2.33. The second kappa shape index (κ2) is 6.77. The summed E-state index contributed by atoms with van der Waals surface area (Å²) in [6, 6.07) is 4.98. The molecule has 0 unspecified atom stereocenters. The molecule has 0 aromatic heterocycles. The van der Waals surface area contributed by atoms with Crippen molar-refractivity contribution >= 4 is 27.3 Å². The van der Waals surface area contributed by atoms with Gasteiger partial charge in [-0.3, -0.25) is 4.79 Å². The van der Waals surface area contributed by atoms with Gasteiger partial charge in [-0.25, -0.2) is 12.7 Å². The largest absolute Gasteiger partial charge is 0.397 e. The maximum absolute atomic E-state index is 11.9. The number of hydrogen-bond acceptors (Lipinski definition) is 5. The number of anilines is 2. The van der Waals surface area contributed by atoms with Crippen LogP contribution in [0.15, 0.2) is 18.2 Å². The molecule has 0 saturated heterocycles. The Balaban J connectivity index is 2.67. The predicted molar refractivity (Wildman–Crippen MR) is 85.0 cm³/mol. The summed E-state index contributed by atoms with van der Waals surface area (Å²) >= 11 is 0. The van der Waals surface area contributed by atoms with Gasteiger partial charge in [-0.1, -0.05) is 0 Å². The van der Waals surface area contributed by atoms with E-state index in [0.29, 0.717) is 11.3 Å². The highest BCUT2D eigenvalue weighted by Gasteiger charge is 2.14. The fraction of sp³-hybridized carbons (Fsp3) is 0.462. The lowest BCUT2D eigenvalue weighted by atomic mass is 10.1. The number of benzene rings is 1. The summed E-state index contributed by atoms with van der Waals surface area (Å²) in [4.78, 5) is 13.8. The van der Waals surface area contributed by atoms with Gasteiger partial charge in [0.05, 0.1) is 17.1 Å². The molecule has 0 fully saturated rings. The van der Waals surface area contributed by atoms with Gasteiger partial charge in [-0.2, -0.15) is 0 Å². The maximum Gasteiger partial charge on any atom is 0.251 e. The topological polar surface area (TPSA) is 95.7 Å². The highest BCUT2D eigenvalue weighted by Crippen LogP contribution is 2.22. The molecule has 1 aromatic rings. The number of rotatable bonds is 6. The van der Waals surface area contributed by atoms with Gasteiger partial charge in [0.25, 0.3) is 5.91 Å². The standard InChI is InChI=1S/C13H22N4O3S/c1-16(2)12-6-5-10(9-11(12)14)13(18)15-7-8-21(19,20)17(3)4/h5-6,9H,7-8,14H2,1-4H3,(H,15,18). The van der Waals surface area contributed by atoms with Gasteiger partial charge in [-0.15, -0.1) is 0 Å². The summed E-state index contributed by atoms with van der Waals surface area (Å²) in [6.45, 7) is 0.0503. The number of carbonyl (C=O) groups excluding carboxylic acids is 1. The Morgan fingerprint density at radius 2 is 1.86 bits per heavy atom. The lowest BCUT2D eigenvalue weighted by Gasteiger charge is -2.16. The Bertz CT molecular complexity index is 612. The van der Waals surface area contributed by atoms with Gasteiger partial charge in [0, 0.05) is 40.3 Å². The first-order valence-corrected chi connectivity index (χ1v) is 8.01. The van der Waals surface area contributed by atoms with Gasteiger partial charge in [-0.05, 0) is 18.2 Å². The van der Waals surface area contributed by atoms with Crippen LogP contribution in [0.3, 0.4) is 0 Å². The van der Waals surface area contributed by atoms with E-state index in [1.807, 2.05) is 19.0 Å². The number of nitrogen functional groups attached to an aromatic ring is 1. The van der Waals surface area contributed by atoms with Crippen molar-refractivity contribution in [1.29, 1.82) is 0 Å². The molecule has 0 spiro atoms. The second-order valence-electron chi connectivity index (χ2n) is 5.02. The van der Waals surface area contributed by atoms with Crippen LogP contribution in [-0.2, 0) is 10.0 Å². The molecule has 0 aliphatic rings. The zero-order valence-electron chi connectivity index (χ0n) is 12.8. The van der Waals surface area contributed by atoms with E-state index in [4.69, 9.17) is 5.73 Å². The fourth-order valence-corrected chi connectivity index (χ4v) is 2.41. The summed E-state index contributed by atoms with van der Waals surface area (Å²) < 4.78 is 24.3. The van der Waals surface area contributed by atoms with Crippen LogP contribution in [0, 0.1) is 0 Å². The minimum absolute atomic E-state index is 0.0503. The van der Waals surface area contributed by atoms with Gasteiger partial charge in [0.15, 0.2) is 0 Å². The molecule has 3 N–H and O–H groups in total. The molecule has 0 aliphatic carbocycles. The summed E-state index contributed by atoms with van der Waals surface area (Å²) in [6.07, 6.45) is 0. The number of hydrogen-bond donors (Lipinski definition) is 2. The number of carbonyl (C=O) groups is 1. The molecule has 0 radical (unpaired) electrons. The summed E-state index contributed by atoms with van der Waals surface area (Å²) in [5, 5.41) is 2.57. The minimum atomic E-state index is -3.31. The van der Waals surface area contributed by atoms with Gasteiger partial charge in [0.2, 0.25) is 10.0 Å². The van der Waals surface area contributed by atoms with Crippen molar-refractivity contribution in [2.45, 2.75) is 0 Å². The fourth-order valence-electron chi connectivity index (χ4n) is 1.68. The van der Waals surface area contributed by atoms with Crippen molar-refractivity contribution in [3.05, 3.63) is 23.8 Å². The van der Waals surface area contributed by atoms with E-state index in [1.165, 1.54) is 14.1 Å². The van der Waals surface area contributed by atoms with E-state index in [9.17, 15) is 13.2 Å². The molecule has 0 saturated carbocycles. The van der Waals surface area contributed by atoms with Crippen LogP contribution in [0.5, 0.6) is 0 Å². The monoisotopic (exact) mass is 314 g/mol. The zero-order chi connectivity index (χ0) is 16.2. The first-order valence-electron chi connectivity index (χ1n) is 6.40.